The van der Waals surface area contributed by atoms with Crippen LogP contribution in [0.3, 0.4) is 0 Å². The molecule has 1 nitrogen and oxygen atoms in total. The molecule has 1 fully saturated rings. The van der Waals surface area contributed by atoms with Gasteiger partial charge in [-0.3, -0.25) is 0 Å². The van der Waals surface area contributed by atoms with E-state index in [2.05, 4.69) is 53.8 Å². The van der Waals surface area contributed by atoms with Crippen molar-refractivity contribution in [2.75, 3.05) is 0 Å². The molecule has 108 valence electrons. The Balaban J connectivity index is 2.52. The molecule has 1 aliphatic carbocycles. The first-order chi connectivity index (χ1) is 8.12. The van der Waals surface area contributed by atoms with Crippen molar-refractivity contribution < 1.29 is 0 Å². The van der Waals surface area contributed by atoms with Crippen molar-refractivity contribution in [3.63, 3.8) is 0 Å². The molecule has 3 unspecified atom stereocenters. The van der Waals surface area contributed by atoms with E-state index in [1.165, 1.54) is 32.1 Å². The van der Waals surface area contributed by atoms with Gasteiger partial charge in [0.05, 0.1) is 0 Å². The van der Waals surface area contributed by atoms with E-state index in [1.807, 2.05) is 0 Å². The molecular weight excluding hydrogens is 218 g/mol. The van der Waals surface area contributed by atoms with Gasteiger partial charge in [0.2, 0.25) is 0 Å². The van der Waals surface area contributed by atoms with Gasteiger partial charge in [-0.2, -0.15) is 0 Å². The molecule has 1 aliphatic rings. The molecule has 0 heterocycles. The Morgan fingerprint density at radius 3 is 2.06 bits per heavy atom. The summed E-state index contributed by atoms with van der Waals surface area (Å²) >= 11 is 0. The lowest BCUT2D eigenvalue weighted by atomic mass is 9.81. The topological polar surface area (TPSA) is 12.0 Å². The minimum Gasteiger partial charge on any atom is -0.309 e. The first kappa shape index (κ1) is 16.0. The molecule has 0 spiro atoms. The van der Waals surface area contributed by atoms with E-state index in [0.29, 0.717) is 5.41 Å². The van der Waals surface area contributed by atoms with Gasteiger partial charge >= 0.3 is 0 Å². The number of nitrogens with one attached hydrogen (secondary N) is 1. The highest BCUT2D eigenvalue weighted by molar-refractivity contribution is 4.92. The highest BCUT2D eigenvalue weighted by Crippen LogP contribution is 2.40. The van der Waals surface area contributed by atoms with Crippen molar-refractivity contribution in [3.05, 3.63) is 0 Å². The van der Waals surface area contributed by atoms with Crippen LogP contribution in [-0.4, -0.2) is 11.6 Å². The second-order valence-corrected chi connectivity index (χ2v) is 8.51. The van der Waals surface area contributed by atoms with E-state index >= 15 is 0 Å². The summed E-state index contributed by atoms with van der Waals surface area (Å²) in [5.41, 5.74) is 0.755. The highest BCUT2D eigenvalue weighted by Gasteiger charge is 2.36. The Morgan fingerprint density at radius 2 is 1.61 bits per heavy atom. The van der Waals surface area contributed by atoms with Gasteiger partial charge < -0.3 is 5.32 Å². The zero-order chi connectivity index (χ0) is 14.0. The molecule has 1 saturated carbocycles. The predicted molar refractivity (Wildman–Crippen MR) is 81.9 cm³/mol. The van der Waals surface area contributed by atoms with Crippen LogP contribution >= 0.6 is 0 Å². The Morgan fingerprint density at radius 1 is 1.00 bits per heavy atom. The molecule has 3 atom stereocenters. The SMILES string of the molecule is CCC1C(CCC(C)(C)C)CCC1NC(C)(C)C. The van der Waals surface area contributed by atoms with Crippen molar-refractivity contribution in [1.29, 1.82) is 0 Å². The summed E-state index contributed by atoms with van der Waals surface area (Å²) < 4.78 is 0. The second kappa shape index (κ2) is 5.94. The smallest absolute Gasteiger partial charge is 0.0103 e. The fraction of sp³-hybridized carbons (Fsp3) is 1.00. The molecule has 0 aliphatic heterocycles. The van der Waals surface area contributed by atoms with E-state index < -0.39 is 0 Å². The average molecular weight is 253 g/mol. The van der Waals surface area contributed by atoms with Gasteiger partial charge in [-0.1, -0.05) is 34.1 Å². The standard InChI is InChI=1S/C17H35N/c1-8-14-13(11-12-16(2,3)4)9-10-15(14)18-17(5,6)7/h13-15,18H,8-12H2,1-7H3. The van der Waals surface area contributed by atoms with Crippen molar-refractivity contribution in [2.24, 2.45) is 17.3 Å². The summed E-state index contributed by atoms with van der Waals surface area (Å²) in [6.07, 6.45) is 6.94. The summed E-state index contributed by atoms with van der Waals surface area (Å²) in [5.74, 6) is 1.85. The lowest BCUT2D eigenvalue weighted by Crippen LogP contribution is -2.45. The zero-order valence-corrected chi connectivity index (χ0v) is 13.8. The van der Waals surface area contributed by atoms with E-state index in [-0.39, 0.29) is 5.54 Å². The molecule has 0 aromatic carbocycles. The van der Waals surface area contributed by atoms with Crippen LogP contribution in [0.25, 0.3) is 0 Å². The number of hydrogen-bond acceptors (Lipinski definition) is 1. The number of rotatable bonds is 4. The van der Waals surface area contributed by atoms with E-state index in [9.17, 15) is 0 Å². The predicted octanol–water partition coefficient (Wildman–Crippen LogP) is 5.01. The maximum absolute atomic E-state index is 3.85. The molecule has 0 radical (unpaired) electrons. The summed E-state index contributed by atoms with van der Waals surface area (Å²) in [6, 6.07) is 0.750. The van der Waals surface area contributed by atoms with Gasteiger partial charge in [0.1, 0.15) is 0 Å². The monoisotopic (exact) mass is 253 g/mol. The van der Waals surface area contributed by atoms with Crippen LogP contribution < -0.4 is 5.32 Å². The van der Waals surface area contributed by atoms with Crippen LogP contribution in [0, 0.1) is 17.3 Å². The van der Waals surface area contributed by atoms with Crippen LogP contribution in [0.15, 0.2) is 0 Å². The molecule has 0 bridgehead atoms. The molecule has 1 heteroatoms. The van der Waals surface area contributed by atoms with Crippen LogP contribution in [0.2, 0.25) is 0 Å². The third kappa shape index (κ3) is 5.30. The lowest BCUT2D eigenvalue weighted by molar-refractivity contribution is 0.237. The Hall–Kier alpha value is -0.0400. The van der Waals surface area contributed by atoms with Gasteiger partial charge in [0.25, 0.3) is 0 Å². The molecule has 18 heavy (non-hydrogen) atoms. The first-order valence-electron chi connectivity index (χ1n) is 7.90. The molecule has 0 amide bonds. The van der Waals surface area contributed by atoms with Crippen LogP contribution in [0.4, 0.5) is 0 Å². The van der Waals surface area contributed by atoms with Gasteiger partial charge in [-0.25, -0.2) is 0 Å². The number of hydrogen-bond donors (Lipinski definition) is 1. The Kier molecular flexibility index (Phi) is 5.29. The van der Waals surface area contributed by atoms with Crippen LogP contribution in [0.5, 0.6) is 0 Å². The average Bonchev–Trinajstić information content (AvgIpc) is 2.53. The Labute approximate surface area is 115 Å². The highest BCUT2D eigenvalue weighted by atomic mass is 15.0. The second-order valence-electron chi connectivity index (χ2n) is 8.51. The zero-order valence-electron chi connectivity index (χ0n) is 13.8. The van der Waals surface area contributed by atoms with E-state index in [1.54, 1.807) is 0 Å². The van der Waals surface area contributed by atoms with Crippen molar-refractivity contribution >= 4 is 0 Å². The maximum atomic E-state index is 3.85. The maximum Gasteiger partial charge on any atom is 0.0103 e. The fourth-order valence-electron chi connectivity index (χ4n) is 3.48. The summed E-state index contributed by atoms with van der Waals surface area (Å²) in [6.45, 7) is 16.4. The van der Waals surface area contributed by atoms with Crippen LogP contribution in [-0.2, 0) is 0 Å². The lowest BCUT2D eigenvalue weighted by Gasteiger charge is -2.32. The third-order valence-electron chi connectivity index (χ3n) is 4.33. The largest absolute Gasteiger partial charge is 0.309 e. The third-order valence-corrected chi connectivity index (χ3v) is 4.33. The molecule has 0 aromatic rings. The molecule has 1 N–H and O–H groups in total. The fourth-order valence-corrected chi connectivity index (χ4v) is 3.48. The minimum atomic E-state index is 0.261. The molecule has 0 saturated heterocycles. The molecule has 1 rings (SSSR count). The molecular formula is C17H35N. The van der Waals surface area contributed by atoms with E-state index in [4.69, 9.17) is 0 Å². The van der Waals surface area contributed by atoms with Gasteiger partial charge in [-0.15, -0.1) is 0 Å². The summed E-state index contributed by atoms with van der Waals surface area (Å²) in [4.78, 5) is 0. The van der Waals surface area contributed by atoms with E-state index in [0.717, 1.165) is 17.9 Å². The first-order valence-corrected chi connectivity index (χ1v) is 7.90. The summed E-state index contributed by atoms with van der Waals surface area (Å²) in [5, 5.41) is 3.85. The van der Waals surface area contributed by atoms with Crippen molar-refractivity contribution in [2.45, 2.75) is 92.2 Å². The minimum absolute atomic E-state index is 0.261. The van der Waals surface area contributed by atoms with Gasteiger partial charge in [-0.05, 0) is 63.7 Å². The van der Waals surface area contributed by atoms with Gasteiger partial charge in [0.15, 0.2) is 0 Å². The van der Waals surface area contributed by atoms with Crippen molar-refractivity contribution in [1.82, 2.24) is 5.32 Å². The quantitative estimate of drug-likeness (QED) is 0.743. The molecule has 0 aromatic heterocycles. The normalized spacial score (nSPS) is 29.8. The van der Waals surface area contributed by atoms with Crippen molar-refractivity contribution in [3.8, 4) is 0 Å². The van der Waals surface area contributed by atoms with Gasteiger partial charge in [0, 0.05) is 11.6 Å². The Bertz CT molecular complexity index is 243. The summed E-state index contributed by atoms with van der Waals surface area (Å²) in [7, 11) is 0. The van der Waals surface area contributed by atoms with Crippen LogP contribution in [0.1, 0.15) is 80.6 Å².